The second kappa shape index (κ2) is 10.6. The quantitative estimate of drug-likeness (QED) is 0.477. The van der Waals surface area contributed by atoms with Crippen molar-refractivity contribution in [1.29, 1.82) is 0 Å². The largest absolute Gasteiger partial charge is 0.489 e. The minimum absolute atomic E-state index is 0.0965. The van der Waals surface area contributed by atoms with Gasteiger partial charge in [-0.25, -0.2) is 4.98 Å². The van der Waals surface area contributed by atoms with E-state index < -0.39 is 0 Å². The van der Waals surface area contributed by atoms with Crippen LogP contribution in [0, 0.1) is 0 Å². The molecule has 1 N–H and O–H groups in total. The number of hydrogen-bond acceptors (Lipinski definition) is 6. The molecule has 1 fully saturated rings. The van der Waals surface area contributed by atoms with Gasteiger partial charge in [0, 0.05) is 17.0 Å². The summed E-state index contributed by atoms with van der Waals surface area (Å²) < 4.78 is 17.3. The van der Waals surface area contributed by atoms with Gasteiger partial charge in [-0.3, -0.25) is 4.79 Å². The molecule has 6 nitrogen and oxygen atoms in total. The molecule has 4 rings (SSSR count). The van der Waals surface area contributed by atoms with E-state index in [0.717, 1.165) is 25.9 Å². The number of amides is 1. The highest BCUT2D eigenvalue weighted by molar-refractivity contribution is 7.09. The minimum atomic E-state index is -0.293. The van der Waals surface area contributed by atoms with Crippen LogP contribution in [0.15, 0.2) is 53.9 Å². The van der Waals surface area contributed by atoms with Gasteiger partial charge in [-0.15, -0.1) is 11.3 Å². The highest BCUT2D eigenvalue weighted by Gasteiger charge is 2.17. The molecule has 0 spiro atoms. The van der Waals surface area contributed by atoms with E-state index >= 15 is 0 Å². The molecule has 1 atom stereocenters. The van der Waals surface area contributed by atoms with Gasteiger partial charge in [0.25, 0.3) is 5.91 Å². The van der Waals surface area contributed by atoms with Crippen molar-refractivity contribution in [3.63, 3.8) is 0 Å². The third-order valence-corrected chi connectivity index (χ3v) is 5.87. The first-order valence-electron chi connectivity index (χ1n) is 10.1. The lowest BCUT2D eigenvalue weighted by molar-refractivity contribution is -0.0109. The molecule has 0 bridgehead atoms. The second-order valence-corrected chi connectivity index (χ2v) is 8.50. The average molecular weight is 459 g/mol. The van der Waals surface area contributed by atoms with Gasteiger partial charge in [-0.2, -0.15) is 0 Å². The molecule has 0 radical (unpaired) electrons. The Morgan fingerprint density at radius 3 is 2.81 bits per heavy atom. The van der Waals surface area contributed by atoms with E-state index in [1.54, 1.807) is 29.6 Å². The molecule has 2 aromatic carbocycles. The fraction of sp³-hybridized carbons (Fsp3) is 0.304. The normalized spacial score (nSPS) is 16.0. The summed E-state index contributed by atoms with van der Waals surface area (Å²) in [5, 5.41) is 5.97. The number of benzene rings is 2. The second-order valence-electron chi connectivity index (χ2n) is 7.12. The number of hydrogen-bond donors (Lipinski definition) is 1. The fourth-order valence-corrected chi connectivity index (χ4v) is 3.97. The molecule has 31 heavy (non-hydrogen) atoms. The maximum absolute atomic E-state index is 12.7. The SMILES string of the molecule is O=C(Nc1ccccc1OCC1CCCCO1)c1csc(COc2ccc(Cl)cc2)n1. The molecule has 1 amide bonds. The van der Waals surface area contributed by atoms with Crippen molar-refractivity contribution in [3.8, 4) is 11.5 Å². The number of aromatic nitrogens is 1. The van der Waals surface area contributed by atoms with Gasteiger partial charge < -0.3 is 19.5 Å². The third kappa shape index (κ3) is 6.19. The van der Waals surface area contributed by atoms with Gasteiger partial charge in [-0.05, 0) is 55.7 Å². The summed E-state index contributed by atoms with van der Waals surface area (Å²) >= 11 is 7.25. The van der Waals surface area contributed by atoms with E-state index in [1.165, 1.54) is 11.3 Å². The summed E-state index contributed by atoms with van der Waals surface area (Å²) in [7, 11) is 0. The lowest BCUT2D eigenvalue weighted by Crippen LogP contribution is -2.26. The Hall–Kier alpha value is -2.61. The Morgan fingerprint density at radius 2 is 2.00 bits per heavy atom. The molecular weight excluding hydrogens is 436 g/mol. The molecule has 1 aliphatic heterocycles. The molecule has 1 aromatic heterocycles. The van der Waals surface area contributed by atoms with Gasteiger partial charge in [0.05, 0.1) is 11.8 Å². The maximum Gasteiger partial charge on any atom is 0.275 e. The number of halogens is 1. The average Bonchev–Trinajstić information content (AvgIpc) is 3.28. The maximum atomic E-state index is 12.7. The van der Waals surface area contributed by atoms with E-state index in [4.69, 9.17) is 25.8 Å². The molecule has 1 saturated heterocycles. The smallest absolute Gasteiger partial charge is 0.275 e. The first-order valence-corrected chi connectivity index (χ1v) is 11.4. The number of carbonyl (C=O) groups excluding carboxylic acids is 1. The van der Waals surface area contributed by atoms with E-state index in [-0.39, 0.29) is 18.6 Å². The summed E-state index contributed by atoms with van der Waals surface area (Å²) in [6.07, 6.45) is 3.34. The van der Waals surface area contributed by atoms with Crippen molar-refractivity contribution in [2.75, 3.05) is 18.5 Å². The Bertz CT molecular complexity index is 1000. The Kier molecular flexibility index (Phi) is 7.40. The first-order chi connectivity index (χ1) is 15.2. The molecule has 2 heterocycles. The predicted molar refractivity (Wildman–Crippen MR) is 121 cm³/mol. The van der Waals surface area contributed by atoms with E-state index in [9.17, 15) is 4.79 Å². The fourth-order valence-electron chi connectivity index (χ4n) is 3.16. The van der Waals surface area contributed by atoms with Crippen molar-refractivity contribution >= 4 is 34.5 Å². The van der Waals surface area contributed by atoms with E-state index in [1.807, 2.05) is 24.3 Å². The van der Waals surface area contributed by atoms with Crippen LogP contribution in [0.25, 0.3) is 0 Å². The van der Waals surface area contributed by atoms with Gasteiger partial charge >= 0.3 is 0 Å². The Labute approximate surface area is 190 Å². The molecule has 1 aliphatic rings. The number of nitrogens with zero attached hydrogens (tertiary/aromatic N) is 1. The van der Waals surface area contributed by atoms with Gasteiger partial charge in [0.15, 0.2) is 0 Å². The summed E-state index contributed by atoms with van der Waals surface area (Å²) in [5.41, 5.74) is 0.945. The van der Waals surface area contributed by atoms with Crippen LogP contribution >= 0.6 is 22.9 Å². The van der Waals surface area contributed by atoms with Crippen molar-refractivity contribution in [2.24, 2.45) is 0 Å². The van der Waals surface area contributed by atoms with Crippen LogP contribution in [0.1, 0.15) is 34.8 Å². The van der Waals surface area contributed by atoms with Gasteiger partial charge in [0.2, 0.25) is 0 Å². The number of ether oxygens (including phenoxy) is 3. The van der Waals surface area contributed by atoms with Crippen molar-refractivity contribution < 1.29 is 19.0 Å². The monoisotopic (exact) mass is 458 g/mol. The van der Waals surface area contributed by atoms with Crippen LogP contribution in [0.5, 0.6) is 11.5 Å². The number of nitrogens with one attached hydrogen (secondary N) is 1. The van der Waals surface area contributed by atoms with Crippen molar-refractivity contribution in [2.45, 2.75) is 32.0 Å². The number of carbonyl (C=O) groups is 1. The summed E-state index contributed by atoms with van der Waals surface area (Å²) in [6, 6.07) is 14.5. The zero-order chi connectivity index (χ0) is 21.5. The molecule has 1 unspecified atom stereocenters. The van der Waals surface area contributed by atoms with Crippen LogP contribution in [0.2, 0.25) is 5.02 Å². The zero-order valence-corrected chi connectivity index (χ0v) is 18.5. The van der Waals surface area contributed by atoms with E-state index in [0.29, 0.717) is 39.5 Å². The van der Waals surface area contributed by atoms with Crippen molar-refractivity contribution in [3.05, 3.63) is 69.6 Å². The molecule has 3 aromatic rings. The topological polar surface area (TPSA) is 69.7 Å². The number of para-hydroxylation sites is 2. The summed E-state index contributed by atoms with van der Waals surface area (Å²) in [4.78, 5) is 17.1. The highest BCUT2D eigenvalue weighted by Crippen LogP contribution is 2.26. The standard InChI is InChI=1S/C23H23ClN2O4S/c24-16-8-10-17(11-9-16)29-14-22-25-20(15-31-22)23(27)26-19-6-1-2-7-21(19)30-13-18-5-3-4-12-28-18/h1-2,6-11,15,18H,3-5,12-14H2,(H,26,27). The molecule has 0 saturated carbocycles. The summed E-state index contributed by atoms with van der Waals surface area (Å²) in [5.74, 6) is 1.02. The molecule has 162 valence electrons. The van der Waals surface area contributed by atoms with Crippen LogP contribution in [0.3, 0.4) is 0 Å². The van der Waals surface area contributed by atoms with Crippen molar-refractivity contribution in [1.82, 2.24) is 4.98 Å². The van der Waals surface area contributed by atoms with Gasteiger partial charge in [-0.1, -0.05) is 23.7 Å². The molecule has 8 heteroatoms. The Balaban J connectivity index is 1.33. The number of rotatable bonds is 8. The third-order valence-electron chi connectivity index (χ3n) is 4.79. The van der Waals surface area contributed by atoms with Gasteiger partial charge in [0.1, 0.15) is 35.4 Å². The summed E-state index contributed by atoms with van der Waals surface area (Å²) in [6.45, 7) is 1.52. The van der Waals surface area contributed by atoms with Crippen LogP contribution in [0.4, 0.5) is 5.69 Å². The lowest BCUT2D eigenvalue weighted by atomic mass is 10.1. The van der Waals surface area contributed by atoms with Crippen LogP contribution in [-0.2, 0) is 11.3 Å². The lowest BCUT2D eigenvalue weighted by Gasteiger charge is -2.23. The zero-order valence-electron chi connectivity index (χ0n) is 16.9. The van der Waals surface area contributed by atoms with Crippen LogP contribution < -0.4 is 14.8 Å². The molecular formula is C23H23ClN2O4S. The first kappa shape index (κ1) is 21.6. The molecule has 0 aliphatic carbocycles. The predicted octanol–water partition coefficient (Wildman–Crippen LogP) is 5.58. The minimum Gasteiger partial charge on any atom is -0.489 e. The Morgan fingerprint density at radius 1 is 1.16 bits per heavy atom. The van der Waals surface area contributed by atoms with E-state index in [2.05, 4.69) is 10.3 Å². The highest BCUT2D eigenvalue weighted by atomic mass is 35.5. The number of anilines is 1. The number of thiazole rings is 1. The van der Waals surface area contributed by atoms with Crippen LogP contribution in [-0.4, -0.2) is 30.2 Å².